The first-order chi connectivity index (χ1) is 10.4. The van der Waals surface area contributed by atoms with Gasteiger partial charge in [-0.25, -0.2) is 4.79 Å². The van der Waals surface area contributed by atoms with Gasteiger partial charge >= 0.3 is 6.03 Å². The highest BCUT2D eigenvalue weighted by atomic mass is 16.3. The van der Waals surface area contributed by atoms with E-state index < -0.39 is 0 Å². The van der Waals surface area contributed by atoms with Gasteiger partial charge in [-0.2, -0.15) is 0 Å². The molecule has 1 fully saturated rings. The topological polar surface area (TPSA) is 52.6 Å². The summed E-state index contributed by atoms with van der Waals surface area (Å²) < 4.78 is 0. The number of nitrogens with one attached hydrogen (secondary N) is 1. The summed E-state index contributed by atoms with van der Waals surface area (Å²) in [4.78, 5) is 14.3. The van der Waals surface area contributed by atoms with E-state index in [-0.39, 0.29) is 30.0 Å². The van der Waals surface area contributed by atoms with Crippen molar-refractivity contribution in [3.05, 3.63) is 35.9 Å². The van der Waals surface area contributed by atoms with Crippen molar-refractivity contribution < 1.29 is 9.90 Å². The molecule has 4 nitrogen and oxygen atoms in total. The molecule has 1 aliphatic heterocycles. The number of carbonyl (C=O) groups excluding carboxylic acids is 1. The molecule has 1 heterocycles. The second kappa shape index (κ2) is 7.14. The summed E-state index contributed by atoms with van der Waals surface area (Å²) >= 11 is 0. The predicted octanol–water partition coefficient (Wildman–Crippen LogP) is 2.67. The van der Waals surface area contributed by atoms with Gasteiger partial charge in [-0.1, -0.05) is 51.1 Å². The SMILES string of the molecule is CC(C)(C)C(Cc1ccccc1)NC(=O)N1CCC(CO)C1. The van der Waals surface area contributed by atoms with E-state index in [2.05, 4.69) is 38.2 Å². The van der Waals surface area contributed by atoms with Gasteiger partial charge in [0.05, 0.1) is 0 Å². The van der Waals surface area contributed by atoms with Crippen molar-refractivity contribution in [2.75, 3.05) is 19.7 Å². The lowest BCUT2D eigenvalue weighted by Gasteiger charge is -2.33. The van der Waals surface area contributed by atoms with Crippen LogP contribution in [-0.2, 0) is 6.42 Å². The van der Waals surface area contributed by atoms with Gasteiger partial charge in [-0.15, -0.1) is 0 Å². The highest BCUT2D eigenvalue weighted by Gasteiger charge is 2.31. The van der Waals surface area contributed by atoms with E-state index in [0.29, 0.717) is 6.54 Å². The first-order valence-corrected chi connectivity index (χ1v) is 8.10. The molecule has 1 aliphatic rings. The first kappa shape index (κ1) is 16.8. The first-order valence-electron chi connectivity index (χ1n) is 8.10. The van der Waals surface area contributed by atoms with Crippen LogP contribution in [0.4, 0.5) is 4.79 Å². The number of carbonyl (C=O) groups is 1. The summed E-state index contributed by atoms with van der Waals surface area (Å²) in [5, 5.41) is 12.4. The Kier molecular flexibility index (Phi) is 5.46. The summed E-state index contributed by atoms with van der Waals surface area (Å²) in [6.45, 7) is 8.02. The Morgan fingerprint density at radius 3 is 2.59 bits per heavy atom. The molecular formula is C18H28N2O2. The minimum atomic E-state index is -0.0123. The van der Waals surface area contributed by atoms with Crippen LogP contribution < -0.4 is 5.32 Å². The highest BCUT2D eigenvalue weighted by molar-refractivity contribution is 5.75. The third kappa shape index (κ3) is 4.47. The summed E-state index contributed by atoms with van der Waals surface area (Å²) in [6.07, 6.45) is 1.72. The molecule has 4 heteroatoms. The monoisotopic (exact) mass is 304 g/mol. The summed E-state index contributed by atoms with van der Waals surface area (Å²) in [7, 11) is 0. The molecule has 0 bridgehead atoms. The molecule has 2 rings (SSSR count). The molecule has 2 N–H and O–H groups in total. The normalized spacial score (nSPS) is 20.0. The lowest BCUT2D eigenvalue weighted by molar-refractivity contribution is 0.182. The number of likely N-dealkylation sites (tertiary alicyclic amines) is 1. The smallest absolute Gasteiger partial charge is 0.317 e. The molecule has 2 unspecified atom stereocenters. The molecule has 0 aliphatic carbocycles. The van der Waals surface area contributed by atoms with Crippen LogP contribution in [-0.4, -0.2) is 41.8 Å². The maximum absolute atomic E-state index is 12.5. The van der Waals surface area contributed by atoms with Gasteiger partial charge < -0.3 is 15.3 Å². The van der Waals surface area contributed by atoms with Crippen molar-refractivity contribution in [2.24, 2.45) is 11.3 Å². The van der Waals surface area contributed by atoms with E-state index in [1.807, 2.05) is 23.1 Å². The van der Waals surface area contributed by atoms with Crippen LogP contribution in [0.1, 0.15) is 32.8 Å². The van der Waals surface area contributed by atoms with E-state index >= 15 is 0 Å². The lowest BCUT2D eigenvalue weighted by atomic mass is 9.83. The number of benzene rings is 1. The van der Waals surface area contributed by atoms with E-state index in [1.54, 1.807) is 0 Å². The third-order valence-corrected chi connectivity index (χ3v) is 4.46. The summed E-state index contributed by atoms with van der Waals surface area (Å²) in [5.41, 5.74) is 1.22. The van der Waals surface area contributed by atoms with Crippen molar-refractivity contribution in [1.82, 2.24) is 10.2 Å². The maximum Gasteiger partial charge on any atom is 0.317 e. The van der Waals surface area contributed by atoms with Gasteiger partial charge in [0, 0.05) is 31.7 Å². The number of hydrogen-bond donors (Lipinski definition) is 2. The fraction of sp³-hybridized carbons (Fsp3) is 0.611. The number of amides is 2. The minimum absolute atomic E-state index is 0.00759. The van der Waals surface area contributed by atoms with Crippen molar-refractivity contribution in [2.45, 2.75) is 39.7 Å². The maximum atomic E-state index is 12.5. The molecule has 1 aromatic rings. The average molecular weight is 304 g/mol. The highest BCUT2D eigenvalue weighted by Crippen LogP contribution is 2.24. The summed E-state index contributed by atoms with van der Waals surface area (Å²) in [6, 6.07) is 10.3. The Morgan fingerprint density at radius 1 is 1.36 bits per heavy atom. The van der Waals surface area contributed by atoms with Gasteiger partial charge in [0.2, 0.25) is 0 Å². The average Bonchev–Trinajstić information content (AvgIpc) is 2.95. The van der Waals surface area contributed by atoms with E-state index in [0.717, 1.165) is 19.4 Å². The number of rotatable bonds is 4. The molecule has 2 atom stereocenters. The summed E-state index contributed by atoms with van der Waals surface area (Å²) in [5.74, 6) is 0.230. The Morgan fingerprint density at radius 2 is 2.05 bits per heavy atom. The largest absolute Gasteiger partial charge is 0.396 e. The lowest BCUT2D eigenvalue weighted by Crippen LogP contribution is -2.50. The van der Waals surface area contributed by atoms with Gasteiger partial charge in [0.15, 0.2) is 0 Å². The zero-order valence-corrected chi connectivity index (χ0v) is 13.9. The van der Waals surface area contributed by atoms with E-state index in [4.69, 9.17) is 0 Å². The van der Waals surface area contributed by atoms with Crippen molar-refractivity contribution in [3.8, 4) is 0 Å². The molecule has 0 radical (unpaired) electrons. The van der Waals surface area contributed by atoms with Crippen molar-refractivity contribution in [1.29, 1.82) is 0 Å². The van der Waals surface area contributed by atoms with Crippen LogP contribution >= 0.6 is 0 Å². The Bertz CT molecular complexity index is 482. The van der Waals surface area contributed by atoms with Crippen molar-refractivity contribution >= 4 is 6.03 Å². The molecular weight excluding hydrogens is 276 g/mol. The van der Waals surface area contributed by atoms with Crippen LogP contribution in [0.25, 0.3) is 0 Å². The van der Waals surface area contributed by atoms with Crippen molar-refractivity contribution in [3.63, 3.8) is 0 Å². The number of aliphatic hydroxyl groups excluding tert-OH is 1. The van der Waals surface area contributed by atoms with E-state index in [1.165, 1.54) is 5.56 Å². The molecule has 22 heavy (non-hydrogen) atoms. The van der Waals surface area contributed by atoms with Crippen LogP contribution in [0.3, 0.4) is 0 Å². The van der Waals surface area contributed by atoms with Gasteiger partial charge in [0.25, 0.3) is 0 Å². The van der Waals surface area contributed by atoms with E-state index in [9.17, 15) is 9.90 Å². The second-order valence-electron chi connectivity index (χ2n) is 7.34. The van der Waals surface area contributed by atoms with Gasteiger partial charge in [0.1, 0.15) is 0 Å². The number of urea groups is 1. The number of hydrogen-bond acceptors (Lipinski definition) is 2. The molecule has 0 aromatic heterocycles. The zero-order valence-electron chi connectivity index (χ0n) is 13.9. The van der Waals surface area contributed by atoms with Crippen LogP contribution in [0.15, 0.2) is 30.3 Å². The zero-order chi connectivity index (χ0) is 16.2. The van der Waals surface area contributed by atoms with Crippen LogP contribution in [0.2, 0.25) is 0 Å². The fourth-order valence-corrected chi connectivity index (χ4v) is 2.83. The Labute approximate surface area is 133 Å². The fourth-order valence-electron chi connectivity index (χ4n) is 2.83. The van der Waals surface area contributed by atoms with Gasteiger partial charge in [-0.05, 0) is 23.8 Å². The van der Waals surface area contributed by atoms with Gasteiger partial charge in [-0.3, -0.25) is 0 Å². The third-order valence-electron chi connectivity index (χ3n) is 4.46. The standard InChI is InChI=1S/C18H28N2O2/c1-18(2,3)16(11-14-7-5-4-6-8-14)19-17(22)20-10-9-15(12-20)13-21/h4-8,15-16,21H,9-13H2,1-3H3,(H,19,22). The Balaban J connectivity index is 2.00. The molecule has 1 saturated heterocycles. The number of aliphatic hydroxyl groups is 1. The molecule has 0 saturated carbocycles. The number of nitrogens with zero attached hydrogens (tertiary/aromatic N) is 1. The Hall–Kier alpha value is -1.55. The molecule has 122 valence electrons. The molecule has 1 aromatic carbocycles. The van der Waals surface area contributed by atoms with Crippen LogP contribution in [0.5, 0.6) is 0 Å². The predicted molar refractivity (Wildman–Crippen MR) is 88.7 cm³/mol. The quantitative estimate of drug-likeness (QED) is 0.898. The minimum Gasteiger partial charge on any atom is -0.396 e. The van der Waals surface area contributed by atoms with Crippen LogP contribution in [0, 0.1) is 11.3 Å². The molecule has 0 spiro atoms. The second-order valence-corrected chi connectivity index (χ2v) is 7.34. The molecule has 2 amide bonds.